The number of carbonyl (C=O) groups is 1. The SMILES string of the molecule is CN(C)c1ccc([C@@H]2C3=C(CC(C)(C)CC3=O)Nc3n[nH]c(-c4ccc(Cl)cc4)c32)cc1. The Bertz CT molecular complexity index is 1220. The van der Waals surface area contributed by atoms with Gasteiger partial charge in [-0.1, -0.05) is 49.7 Å². The second kappa shape index (κ2) is 7.52. The molecule has 2 heterocycles. The van der Waals surface area contributed by atoms with Crippen LogP contribution in [-0.4, -0.2) is 30.1 Å². The van der Waals surface area contributed by atoms with Gasteiger partial charge in [-0.15, -0.1) is 0 Å². The van der Waals surface area contributed by atoms with Gasteiger partial charge in [0.15, 0.2) is 11.6 Å². The van der Waals surface area contributed by atoms with Crippen molar-refractivity contribution in [2.45, 2.75) is 32.6 Å². The van der Waals surface area contributed by atoms with E-state index < -0.39 is 0 Å². The number of benzene rings is 2. The van der Waals surface area contributed by atoms with Gasteiger partial charge in [0, 0.05) is 59.5 Å². The van der Waals surface area contributed by atoms with E-state index in [0.29, 0.717) is 11.4 Å². The third-order valence-corrected chi connectivity index (χ3v) is 6.70. The highest BCUT2D eigenvalue weighted by atomic mass is 35.5. The first-order chi connectivity index (χ1) is 15.2. The van der Waals surface area contributed by atoms with E-state index in [1.54, 1.807) is 0 Å². The maximum atomic E-state index is 13.5. The lowest BCUT2D eigenvalue weighted by molar-refractivity contribution is -0.118. The lowest BCUT2D eigenvalue weighted by Crippen LogP contribution is -2.33. The summed E-state index contributed by atoms with van der Waals surface area (Å²) in [5.41, 5.74) is 6.92. The molecule has 0 saturated carbocycles. The Morgan fingerprint density at radius 3 is 2.38 bits per heavy atom. The maximum Gasteiger partial charge on any atom is 0.162 e. The number of fused-ring (bicyclic) bond motifs is 1. The predicted octanol–water partition coefficient (Wildman–Crippen LogP) is 6.00. The first kappa shape index (κ1) is 20.8. The van der Waals surface area contributed by atoms with E-state index in [0.717, 1.165) is 51.6 Å². The van der Waals surface area contributed by atoms with Crippen LogP contribution in [0.5, 0.6) is 0 Å². The number of aromatic amines is 1. The van der Waals surface area contributed by atoms with Gasteiger partial charge in [0.05, 0.1) is 5.69 Å². The second-order valence-corrected chi connectivity index (χ2v) is 10.2. The molecule has 1 aromatic heterocycles. The smallest absolute Gasteiger partial charge is 0.162 e. The fraction of sp³-hybridized carbons (Fsp3) is 0.308. The lowest BCUT2D eigenvalue weighted by Gasteiger charge is -2.38. The van der Waals surface area contributed by atoms with Gasteiger partial charge in [0.2, 0.25) is 0 Å². The van der Waals surface area contributed by atoms with Gasteiger partial charge < -0.3 is 10.2 Å². The summed E-state index contributed by atoms with van der Waals surface area (Å²) in [5.74, 6) is 0.825. The van der Waals surface area contributed by atoms with E-state index in [-0.39, 0.29) is 17.1 Å². The van der Waals surface area contributed by atoms with Crippen molar-refractivity contribution < 1.29 is 4.79 Å². The predicted molar refractivity (Wildman–Crippen MR) is 130 cm³/mol. The number of halogens is 1. The number of anilines is 2. The molecule has 0 unspecified atom stereocenters. The monoisotopic (exact) mass is 446 g/mol. The van der Waals surface area contributed by atoms with E-state index in [1.165, 1.54) is 0 Å². The molecule has 0 amide bonds. The van der Waals surface area contributed by atoms with Crippen molar-refractivity contribution in [3.05, 3.63) is 76.0 Å². The van der Waals surface area contributed by atoms with Crippen LogP contribution in [0.3, 0.4) is 0 Å². The second-order valence-electron chi connectivity index (χ2n) is 9.74. The fourth-order valence-electron chi connectivity index (χ4n) is 4.93. The molecule has 1 atom stereocenters. The van der Waals surface area contributed by atoms with Crippen LogP contribution in [0, 0.1) is 5.41 Å². The highest BCUT2D eigenvalue weighted by Gasteiger charge is 2.42. The van der Waals surface area contributed by atoms with E-state index in [4.69, 9.17) is 11.6 Å². The van der Waals surface area contributed by atoms with Gasteiger partial charge in [0.25, 0.3) is 0 Å². The van der Waals surface area contributed by atoms with Gasteiger partial charge in [-0.05, 0) is 41.7 Å². The summed E-state index contributed by atoms with van der Waals surface area (Å²) < 4.78 is 0. The summed E-state index contributed by atoms with van der Waals surface area (Å²) in [7, 11) is 4.06. The number of nitrogens with zero attached hydrogens (tertiary/aromatic N) is 2. The molecule has 2 aliphatic rings. The lowest BCUT2D eigenvalue weighted by atomic mass is 9.69. The van der Waals surface area contributed by atoms with Crippen LogP contribution in [-0.2, 0) is 4.79 Å². The minimum Gasteiger partial charge on any atom is -0.378 e. The highest BCUT2D eigenvalue weighted by Crippen LogP contribution is 2.51. The molecule has 32 heavy (non-hydrogen) atoms. The quantitative estimate of drug-likeness (QED) is 0.518. The van der Waals surface area contributed by atoms with Crippen LogP contribution in [0.2, 0.25) is 5.02 Å². The van der Waals surface area contributed by atoms with E-state index in [2.05, 4.69) is 58.5 Å². The zero-order valence-corrected chi connectivity index (χ0v) is 19.5. The number of nitrogens with one attached hydrogen (secondary N) is 2. The minimum atomic E-state index is -0.175. The zero-order chi connectivity index (χ0) is 22.6. The minimum absolute atomic E-state index is 0.0743. The van der Waals surface area contributed by atoms with Gasteiger partial charge in [-0.25, -0.2) is 0 Å². The van der Waals surface area contributed by atoms with E-state index >= 15 is 0 Å². The van der Waals surface area contributed by atoms with Crippen molar-refractivity contribution >= 4 is 28.9 Å². The molecule has 0 radical (unpaired) electrons. The topological polar surface area (TPSA) is 61.0 Å². The summed E-state index contributed by atoms with van der Waals surface area (Å²) in [4.78, 5) is 15.6. The molecule has 5 rings (SSSR count). The maximum absolute atomic E-state index is 13.5. The van der Waals surface area contributed by atoms with Crippen LogP contribution < -0.4 is 10.2 Å². The van der Waals surface area contributed by atoms with Gasteiger partial charge in [0.1, 0.15) is 0 Å². The number of ketones is 1. The zero-order valence-electron chi connectivity index (χ0n) is 18.8. The number of aromatic nitrogens is 2. The molecule has 1 aliphatic heterocycles. The van der Waals surface area contributed by atoms with Crippen molar-refractivity contribution in [2.24, 2.45) is 5.41 Å². The Labute approximate surface area is 193 Å². The highest BCUT2D eigenvalue weighted by molar-refractivity contribution is 6.30. The third kappa shape index (κ3) is 3.51. The summed E-state index contributed by atoms with van der Waals surface area (Å²) >= 11 is 6.12. The molecule has 0 saturated heterocycles. The van der Waals surface area contributed by atoms with Crippen LogP contribution in [0.15, 0.2) is 59.8 Å². The third-order valence-electron chi connectivity index (χ3n) is 6.45. The normalized spacial score (nSPS) is 19.3. The van der Waals surface area contributed by atoms with Gasteiger partial charge in [-0.3, -0.25) is 9.89 Å². The van der Waals surface area contributed by atoms with E-state index in [9.17, 15) is 4.79 Å². The molecule has 5 nitrogen and oxygen atoms in total. The van der Waals surface area contributed by atoms with Crippen molar-refractivity contribution in [2.75, 3.05) is 24.3 Å². The number of carbonyl (C=O) groups excluding carboxylic acids is 1. The summed E-state index contributed by atoms with van der Waals surface area (Å²) in [6, 6.07) is 16.2. The molecule has 0 bridgehead atoms. The first-order valence-electron chi connectivity index (χ1n) is 10.9. The van der Waals surface area contributed by atoms with Crippen LogP contribution in [0.1, 0.15) is 43.7 Å². The Morgan fingerprint density at radius 1 is 1.03 bits per heavy atom. The Hall–Kier alpha value is -3.05. The molecule has 164 valence electrons. The Morgan fingerprint density at radius 2 is 1.72 bits per heavy atom. The van der Waals surface area contributed by atoms with Gasteiger partial charge in [-0.2, -0.15) is 5.10 Å². The van der Waals surface area contributed by atoms with Crippen molar-refractivity contribution in [3.63, 3.8) is 0 Å². The molecular formula is C26H27ClN4O. The molecule has 2 aromatic carbocycles. The van der Waals surface area contributed by atoms with Crippen molar-refractivity contribution in [1.82, 2.24) is 10.2 Å². The molecule has 0 spiro atoms. The molecule has 2 N–H and O–H groups in total. The Balaban J connectivity index is 1.70. The number of allylic oxidation sites excluding steroid dienone is 2. The van der Waals surface area contributed by atoms with Crippen LogP contribution >= 0.6 is 11.6 Å². The number of hydrogen-bond donors (Lipinski definition) is 2. The first-order valence-corrected chi connectivity index (χ1v) is 11.3. The molecule has 6 heteroatoms. The average molecular weight is 447 g/mol. The molecule has 3 aromatic rings. The van der Waals surface area contributed by atoms with Crippen molar-refractivity contribution in [3.8, 4) is 11.3 Å². The van der Waals surface area contributed by atoms with Crippen LogP contribution in [0.4, 0.5) is 11.5 Å². The fourth-order valence-corrected chi connectivity index (χ4v) is 5.06. The molecular weight excluding hydrogens is 420 g/mol. The molecule has 0 fully saturated rings. The van der Waals surface area contributed by atoms with Gasteiger partial charge >= 0.3 is 0 Å². The van der Waals surface area contributed by atoms with Crippen molar-refractivity contribution in [1.29, 1.82) is 0 Å². The van der Waals surface area contributed by atoms with E-state index in [1.807, 2.05) is 38.4 Å². The average Bonchev–Trinajstić information content (AvgIpc) is 3.15. The molecule has 1 aliphatic carbocycles. The summed E-state index contributed by atoms with van der Waals surface area (Å²) in [5, 5.41) is 12.0. The number of hydrogen-bond acceptors (Lipinski definition) is 4. The number of rotatable bonds is 3. The number of H-pyrrole nitrogens is 1. The standard InChI is InChI=1S/C26H27ClN4O/c1-26(2)13-19-22(20(32)14-26)21(15-7-11-18(12-8-15)31(3)4)23-24(29-30-25(23)28-19)16-5-9-17(27)10-6-16/h5-12,21H,13-14H2,1-4H3,(H2,28,29,30)/t21-/m1/s1. The number of Topliss-reactive ketones (excluding diaryl/α,β-unsaturated/α-hetero) is 1. The summed E-state index contributed by atoms with van der Waals surface area (Å²) in [6.45, 7) is 4.30. The summed E-state index contributed by atoms with van der Waals surface area (Å²) in [6.07, 6.45) is 1.37. The largest absolute Gasteiger partial charge is 0.378 e. The Kier molecular flexibility index (Phi) is 4.90. The van der Waals surface area contributed by atoms with Crippen LogP contribution in [0.25, 0.3) is 11.3 Å².